The number of rotatable bonds is 3. The quantitative estimate of drug-likeness (QED) is 0.679. The van der Waals surface area contributed by atoms with Gasteiger partial charge < -0.3 is 9.47 Å². The molecule has 24 heavy (non-hydrogen) atoms. The van der Waals surface area contributed by atoms with Crippen molar-refractivity contribution in [2.24, 2.45) is 5.10 Å². The number of hydrogen-bond acceptors (Lipinski definition) is 7. The Hall–Kier alpha value is -2.74. The summed E-state index contributed by atoms with van der Waals surface area (Å²) in [5, 5.41) is 16.2. The molecule has 0 fully saturated rings. The molecule has 2 aromatic carbocycles. The summed E-state index contributed by atoms with van der Waals surface area (Å²) in [7, 11) is 0. The van der Waals surface area contributed by atoms with Gasteiger partial charge in [0.2, 0.25) is 6.79 Å². The first-order valence-electron chi connectivity index (χ1n) is 7.26. The van der Waals surface area contributed by atoms with Crippen LogP contribution in [0.5, 0.6) is 11.5 Å². The molecule has 122 valence electrons. The van der Waals surface area contributed by atoms with Gasteiger partial charge in [-0.15, -0.1) is 0 Å². The number of nitrogens with one attached hydrogen (secondary N) is 1. The number of fused-ring (bicyclic) bond motifs is 1. The van der Waals surface area contributed by atoms with Gasteiger partial charge >= 0.3 is 0 Å². The molecular formula is C16H13N3O4S. The lowest BCUT2D eigenvalue weighted by Crippen LogP contribution is -2.09. The number of ether oxygens (including phenoxy) is 2. The van der Waals surface area contributed by atoms with Crippen LogP contribution >= 0.6 is 11.8 Å². The lowest BCUT2D eigenvalue weighted by Gasteiger charge is -2.11. The molecule has 1 N–H and O–H groups in total. The van der Waals surface area contributed by atoms with E-state index in [2.05, 4.69) is 10.5 Å². The number of nitro groups is 1. The molecule has 0 radical (unpaired) electrons. The van der Waals surface area contributed by atoms with Gasteiger partial charge in [-0.2, -0.15) is 5.10 Å². The summed E-state index contributed by atoms with van der Waals surface area (Å²) in [5.74, 6) is 0.912. The summed E-state index contributed by atoms with van der Waals surface area (Å²) in [4.78, 5) is 11.0. The standard InChI is InChI=1S/C16H13N3O4S/c1-9-2-4-10(5-3-9)15-17-18-16(24-15)11-6-13-14(23-8-22-13)7-12(11)19(20)21/h2-7,16,18H,8H2,1H3/t16-/m1/s1. The fourth-order valence-electron chi connectivity index (χ4n) is 2.56. The minimum atomic E-state index is -0.413. The second-order valence-electron chi connectivity index (χ2n) is 5.43. The molecule has 0 amide bonds. The highest BCUT2D eigenvalue weighted by Crippen LogP contribution is 2.44. The highest BCUT2D eigenvalue weighted by atomic mass is 32.2. The minimum absolute atomic E-state index is 0.00962. The Morgan fingerprint density at radius 2 is 1.96 bits per heavy atom. The van der Waals surface area contributed by atoms with Crippen molar-refractivity contribution in [2.45, 2.75) is 12.3 Å². The van der Waals surface area contributed by atoms with Crippen LogP contribution in [-0.2, 0) is 0 Å². The summed E-state index contributed by atoms with van der Waals surface area (Å²) in [6.45, 7) is 2.09. The Labute approximate surface area is 141 Å². The Kier molecular flexibility index (Phi) is 3.53. The number of hydrazone groups is 1. The Morgan fingerprint density at radius 1 is 1.25 bits per heavy atom. The first kappa shape index (κ1) is 14.8. The van der Waals surface area contributed by atoms with Crippen molar-refractivity contribution in [3.63, 3.8) is 0 Å². The maximum absolute atomic E-state index is 11.4. The normalized spacial score (nSPS) is 18.2. The molecule has 2 aliphatic heterocycles. The van der Waals surface area contributed by atoms with Crippen LogP contribution in [0.15, 0.2) is 41.5 Å². The van der Waals surface area contributed by atoms with Gasteiger partial charge in [0.15, 0.2) is 11.5 Å². The van der Waals surface area contributed by atoms with Gasteiger partial charge in [0.05, 0.1) is 16.6 Å². The van der Waals surface area contributed by atoms with E-state index in [1.165, 1.54) is 23.4 Å². The third-order valence-corrected chi connectivity index (χ3v) is 4.96. The van der Waals surface area contributed by atoms with Crippen molar-refractivity contribution in [1.29, 1.82) is 0 Å². The van der Waals surface area contributed by atoms with E-state index in [4.69, 9.17) is 9.47 Å². The number of aryl methyl sites for hydroxylation is 1. The van der Waals surface area contributed by atoms with Crippen molar-refractivity contribution in [2.75, 3.05) is 6.79 Å². The van der Waals surface area contributed by atoms with Gasteiger partial charge in [0, 0.05) is 5.56 Å². The van der Waals surface area contributed by atoms with E-state index in [9.17, 15) is 10.1 Å². The lowest BCUT2D eigenvalue weighted by atomic mass is 10.1. The zero-order valence-electron chi connectivity index (χ0n) is 12.7. The van der Waals surface area contributed by atoms with Crippen LogP contribution in [0, 0.1) is 17.0 Å². The van der Waals surface area contributed by atoms with E-state index < -0.39 is 4.92 Å². The zero-order valence-corrected chi connectivity index (χ0v) is 13.5. The molecule has 0 saturated carbocycles. The summed E-state index contributed by atoms with van der Waals surface area (Å²) in [6, 6.07) is 11.0. The summed E-state index contributed by atoms with van der Waals surface area (Å²) in [6.07, 6.45) is 0. The predicted molar refractivity (Wildman–Crippen MR) is 90.4 cm³/mol. The monoisotopic (exact) mass is 343 g/mol. The maximum atomic E-state index is 11.4. The highest BCUT2D eigenvalue weighted by Gasteiger charge is 2.32. The lowest BCUT2D eigenvalue weighted by molar-refractivity contribution is -0.385. The van der Waals surface area contributed by atoms with Crippen molar-refractivity contribution in [1.82, 2.24) is 5.43 Å². The number of nitro benzene ring substituents is 1. The smallest absolute Gasteiger partial charge is 0.279 e. The van der Waals surface area contributed by atoms with E-state index in [1.807, 2.05) is 31.2 Å². The van der Waals surface area contributed by atoms with Crippen LogP contribution < -0.4 is 14.9 Å². The molecule has 1 atom stereocenters. The molecule has 2 heterocycles. The van der Waals surface area contributed by atoms with Crippen LogP contribution in [0.25, 0.3) is 0 Å². The molecule has 4 rings (SSSR count). The molecule has 0 unspecified atom stereocenters. The van der Waals surface area contributed by atoms with Gasteiger partial charge in [0.1, 0.15) is 10.4 Å². The largest absolute Gasteiger partial charge is 0.454 e. The first-order valence-corrected chi connectivity index (χ1v) is 8.14. The van der Waals surface area contributed by atoms with E-state index in [1.54, 1.807) is 6.07 Å². The molecule has 0 aromatic heterocycles. The second-order valence-corrected chi connectivity index (χ2v) is 6.53. The van der Waals surface area contributed by atoms with Crippen LogP contribution in [0.2, 0.25) is 0 Å². The molecule has 2 aromatic rings. The number of nitrogens with zero attached hydrogens (tertiary/aromatic N) is 2. The van der Waals surface area contributed by atoms with Gasteiger partial charge in [-0.1, -0.05) is 41.6 Å². The second kappa shape index (κ2) is 5.72. The van der Waals surface area contributed by atoms with Crippen molar-refractivity contribution >= 4 is 22.5 Å². The summed E-state index contributed by atoms with van der Waals surface area (Å²) >= 11 is 1.44. The molecule has 0 spiro atoms. The van der Waals surface area contributed by atoms with Crippen molar-refractivity contribution < 1.29 is 14.4 Å². The van der Waals surface area contributed by atoms with Crippen molar-refractivity contribution in [3.05, 3.63) is 63.2 Å². The van der Waals surface area contributed by atoms with Crippen molar-refractivity contribution in [3.8, 4) is 11.5 Å². The van der Waals surface area contributed by atoms with Gasteiger partial charge in [-0.05, 0) is 13.0 Å². The third-order valence-electron chi connectivity index (χ3n) is 3.81. The maximum Gasteiger partial charge on any atom is 0.279 e. The summed E-state index contributed by atoms with van der Waals surface area (Å²) < 4.78 is 10.6. The minimum Gasteiger partial charge on any atom is -0.454 e. The van der Waals surface area contributed by atoms with E-state index in [0.29, 0.717) is 17.1 Å². The molecule has 0 bridgehead atoms. The van der Waals surface area contributed by atoms with Gasteiger partial charge in [-0.25, -0.2) is 0 Å². The average Bonchev–Trinajstić information content (AvgIpc) is 3.23. The highest BCUT2D eigenvalue weighted by molar-refractivity contribution is 8.14. The van der Waals surface area contributed by atoms with Crippen LogP contribution in [0.3, 0.4) is 0 Å². The SMILES string of the molecule is Cc1ccc(C2=NN[C@@H](c3cc4c(cc3[N+](=O)[O-])OCO4)S2)cc1. The fourth-order valence-corrected chi connectivity index (χ4v) is 3.58. The Bertz CT molecular complexity index is 851. The van der Waals surface area contributed by atoms with Crippen LogP contribution in [0.1, 0.15) is 22.1 Å². The molecular weight excluding hydrogens is 330 g/mol. The third kappa shape index (κ3) is 2.54. The molecule has 2 aliphatic rings. The predicted octanol–water partition coefficient (Wildman–Crippen LogP) is 3.33. The topological polar surface area (TPSA) is 86.0 Å². The summed E-state index contributed by atoms with van der Waals surface area (Å²) in [5.41, 5.74) is 5.62. The van der Waals surface area contributed by atoms with E-state index >= 15 is 0 Å². The average molecular weight is 343 g/mol. The molecule has 0 aliphatic carbocycles. The van der Waals surface area contributed by atoms with Crippen LogP contribution in [-0.4, -0.2) is 16.8 Å². The first-order chi connectivity index (χ1) is 11.6. The molecule has 8 heteroatoms. The zero-order chi connectivity index (χ0) is 16.7. The fraction of sp³-hybridized carbons (Fsp3) is 0.188. The van der Waals surface area contributed by atoms with Gasteiger partial charge in [0.25, 0.3) is 5.69 Å². The Morgan fingerprint density at radius 3 is 2.67 bits per heavy atom. The number of hydrogen-bond donors (Lipinski definition) is 1. The van der Waals surface area contributed by atoms with E-state index in [-0.39, 0.29) is 17.9 Å². The number of thioether (sulfide) groups is 1. The van der Waals surface area contributed by atoms with Crippen LogP contribution in [0.4, 0.5) is 5.69 Å². The number of benzene rings is 2. The Balaban J connectivity index is 1.64. The van der Waals surface area contributed by atoms with Gasteiger partial charge in [-0.3, -0.25) is 15.5 Å². The molecule has 7 nitrogen and oxygen atoms in total. The molecule has 0 saturated heterocycles. The van der Waals surface area contributed by atoms with E-state index in [0.717, 1.165) is 10.6 Å².